The summed E-state index contributed by atoms with van der Waals surface area (Å²) in [5, 5.41) is 69.3. The maximum absolute atomic E-state index is 13.7. The van der Waals surface area contributed by atoms with Gasteiger partial charge in [0.05, 0.1) is 36.4 Å². The summed E-state index contributed by atoms with van der Waals surface area (Å²) in [6.45, 7) is 14.0. The molecule has 5 saturated heterocycles. The molecule has 5 rings (SSSR count). The minimum Gasteiger partial charge on any atom is -0.456 e. The van der Waals surface area contributed by atoms with Crippen LogP contribution in [0.2, 0.25) is 0 Å². The fourth-order valence-corrected chi connectivity index (χ4v) is 10.8. The van der Waals surface area contributed by atoms with E-state index in [1.165, 1.54) is 32.6 Å². The molecule has 5 aliphatic heterocycles. The van der Waals surface area contributed by atoms with Gasteiger partial charge in [0.2, 0.25) is 0 Å². The number of aliphatic hydroxyl groups is 6. The first-order valence-electron chi connectivity index (χ1n) is 29.8. The quantitative estimate of drug-likeness (QED) is 0.0385. The Bertz CT molecular complexity index is 1690. The number of rotatable bonds is 22. The summed E-state index contributed by atoms with van der Waals surface area (Å²) in [5.41, 5.74) is 0. The molecule has 0 aromatic rings. The first-order chi connectivity index (χ1) is 36.9. The monoisotopic (exact) mass is 1100 g/mol. The molecule has 20 heteroatoms. The Morgan fingerprint density at radius 2 is 1.08 bits per heavy atom. The van der Waals surface area contributed by atoms with E-state index in [1.807, 2.05) is 0 Å². The highest BCUT2D eigenvalue weighted by atomic mass is 16.8. The van der Waals surface area contributed by atoms with Crippen molar-refractivity contribution in [2.75, 3.05) is 0 Å². The van der Waals surface area contributed by atoms with Crippen molar-refractivity contribution in [3.8, 4) is 0 Å². The molecule has 77 heavy (non-hydrogen) atoms. The molecule has 5 heterocycles. The summed E-state index contributed by atoms with van der Waals surface area (Å²) in [6.07, 6.45) is -8.02. The minimum absolute atomic E-state index is 0.0285. The predicted octanol–water partition coefficient (Wildman–Crippen LogP) is 6.48. The highest BCUT2D eigenvalue weighted by Crippen LogP contribution is 2.38. The summed E-state index contributed by atoms with van der Waals surface area (Å²) >= 11 is 0. The number of carbonyl (C=O) groups is 3. The third kappa shape index (κ3) is 19.5. The Morgan fingerprint density at radius 1 is 0.519 bits per heavy atom. The number of ether oxygens (including phenoxy) is 11. The van der Waals surface area contributed by atoms with Crippen molar-refractivity contribution in [3.05, 3.63) is 0 Å². The first kappa shape index (κ1) is 65.7. The van der Waals surface area contributed by atoms with E-state index in [0.29, 0.717) is 19.3 Å². The maximum Gasteiger partial charge on any atom is 0.309 e. The molecule has 6 N–H and O–H groups in total. The van der Waals surface area contributed by atoms with Crippen LogP contribution in [0.15, 0.2) is 0 Å². The van der Waals surface area contributed by atoms with Crippen molar-refractivity contribution >= 4 is 17.9 Å². The van der Waals surface area contributed by atoms with Crippen LogP contribution in [0, 0.1) is 5.92 Å². The van der Waals surface area contributed by atoms with E-state index in [2.05, 4.69) is 13.8 Å². The van der Waals surface area contributed by atoms with Crippen molar-refractivity contribution in [3.63, 3.8) is 0 Å². The number of aliphatic hydroxyl groups excluding tert-OH is 6. The van der Waals surface area contributed by atoms with Crippen LogP contribution >= 0.6 is 0 Å². The van der Waals surface area contributed by atoms with Gasteiger partial charge in [0.15, 0.2) is 43.5 Å². The standard InChI is InChI=1S/C57H100O20/c1-9-12-14-15-16-17-20-23-28-32-40(59)73-51-43(62)41(60)35(6)68-57(51)76-48-37(8)69-54(46(65)50(48)74-53(66)33(4)11-3)75-47-36(7)70-55-45(64)49(47)72-39(58)31-27-24-21-18-19-22-26-30-38(29-25-13-10-2)71-56-52(77-55)44(63)42(61)34(5)67-56/h33-38,41-52,54-57,60-65H,9-32H2,1-8H3. The van der Waals surface area contributed by atoms with E-state index >= 15 is 0 Å². The van der Waals surface area contributed by atoms with Crippen molar-refractivity contribution < 1.29 is 97.1 Å². The molecule has 20 nitrogen and oxygen atoms in total. The maximum atomic E-state index is 13.7. The Balaban J connectivity index is 1.37. The highest BCUT2D eigenvalue weighted by molar-refractivity contribution is 5.72. The van der Waals surface area contributed by atoms with Gasteiger partial charge in [-0.25, -0.2) is 0 Å². The second-order valence-corrected chi connectivity index (χ2v) is 22.5. The number of fused-ring (bicyclic) bond motifs is 3. The molecule has 5 fully saturated rings. The van der Waals surface area contributed by atoms with Crippen molar-refractivity contribution in [1.82, 2.24) is 0 Å². The molecule has 0 aromatic heterocycles. The van der Waals surface area contributed by atoms with Crippen LogP contribution in [0.1, 0.15) is 209 Å². The second kappa shape index (κ2) is 33.7. The fraction of sp³-hybridized carbons (Fsp3) is 0.947. The zero-order valence-electron chi connectivity index (χ0n) is 47.6. The number of unbranched alkanes of at least 4 members (excludes halogenated alkanes) is 10. The Labute approximate surface area is 458 Å². The minimum atomic E-state index is -1.83. The Kier molecular flexibility index (Phi) is 28.7. The molecule has 0 aliphatic carbocycles. The van der Waals surface area contributed by atoms with Gasteiger partial charge in [-0.15, -0.1) is 0 Å². The summed E-state index contributed by atoms with van der Waals surface area (Å²) < 4.78 is 68.5. The molecule has 0 saturated carbocycles. The Morgan fingerprint density at radius 3 is 1.75 bits per heavy atom. The van der Waals surface area contributed by atoms with Crippen LogP contribution in [0.25, 0.3) is 0 Å². The van der Waals surface area contributed by atoms with E-state index in [4.69, 9.17) is 52.1 Å². The van der Waals surface area contributed by atoms with Crippen LogP contribution in [-0.2, 0) is 66.5 Å². The molecule has 2 bridgehead atoms. The van der Waals surface area contributed by atoms with Gasteiger partial charge in [-0.2, -0.15) is 0 Å². The van der Waals surface area contributed by atoms with Gasteiger partial charge in [0.1, 0.15) is 54.9 Å². The van der Waals surface area contributed by atoms with Gasteiger partial charge in [-0.3, -0.25) is 14.4 Å². The number of hydrogen-bond donors (Lipinski definition) is 6. The molecule has 0 amide bonds. The molecular weight excluding hydrogens is 1000 g/mol. The highest BCUT2D eigenvalue weighted by Gasteiger charge is 2.57. The topological polar surface area (TPSA) is 274 Å². The summed E-state index contributed by atoms with van der Waals surface area (Å²) in [6, 6.07) is 0. The van der Waals surface area contributed by atoms with Crippen LogP contribution < -0.4 is 0 Å². The van der Waals surface area contributed by atoms with E-state index < -0.39 is 147 Å². The molecule has 0 spiro atoms. The van der Waals surface area contributed by atoms with Gasteiger partial charge in [-0.05, 0) is 59.8 Å². The van der Waals surface area contributed by atoms with E-state index in [1.54, 1.807) is 34.6 Å². The van der Waals surface area contributed by atoms with Crippen molar-refractivity contribution in [2.24, 2.45) is 5.92 Å². The first-order valence-corrected chi connectivity index (χ1v) is 29.8. The fourth-order valence-electron chi connectivity index (χ4n) is 10.8. The SMILES string of the molecule is CCCCCCCCCCCC(=O)OC1C(OC2C(C)OC(OC3C(C)OC4OC5C(OC(CCCCC)CCCCCCCCCC(=O)OC3C4O)OC(C)C(O)C5O)C(O)C2OC(=O)C(C)CC)OC(C)C(O)C1O. The number of hydrogen-bond acceptors (Lipinski definition) is 20. The lowest BCUT2D eigenvalue weighted by atomic mass is 9.95. The van der Waals surface area contributed by atoms with E-state index in [-0.39, 0.29) is 18.9 Å². The van der Waals surface area contributed by atoms with Crippen LogP contribution in [0.5, 0.6) is 0 Å². The lowest BCUT2D eigenvalue weighted by Gasteiger charge is -2.49. The van der Waals surface area contributed by atoms with Crippen molar-refractivity contribution in [1.29, 1.82) is 0 Å². The summed E-state index contributed by atoms with van der Waals surface area (Å²) in [5.74, 6) is -2.57. The average Bonchev–Trinajstić information content (AvgIpc) is 3.40. The molecule has 0 aromatic carbocycles. The smallest absolute Gasteiger partial charge is 0.309 e. The molecule has 5 aliphatic rings. The van der Waals surface area contributed by atoms with E-state index in [9.17, 15) is 45.0 Å². The lowest BCUT2D eigenvalue weighted by Crippen LogP contribution is -2.67. The average molecular weight is 1110 g/mol. The van der Waals surface area contributed by atoms with Crippen LogP contribution in [0.3, 0.4) is 0 Å². The van der Waals surface area contributed by atoms with Crippen molar-refractivity contribution in [2.45, 2.75) is 338 Å². The summed E-state index contributed by atoms with van der Waals surface area (Å²) in [4.78, 5) is 40.6. The Hall–Kier alpha value is -2.15. The van der Waals surface area contributed by atoms with E-state index in [0.717, 1.165) is 96.3 Å². The van der Waals surface area contributed by atoms with Gasteiger partial charge in [0, 0.05) is 12.8 Å². The third-order valence-electron chi connectivity index (χ3n) is 16.1. The van der Waals surface area contributed by atoms with Crippen LogP contribution in [0.4, 0.5) is 0 Å². The van der Waals surface area contributed by atoms with Crippen LogP contribution in [-0.4, -0.2) is 177 Å². The zero-order valence-corrected chi connectivity index (χ0v) is 47.6. The van der Waals surface area contributed by atoms with Gasteiger partial charge in [0.25, 0.3) is 0 Å². The molecular formula is C57H100O20. The lowest BCUT2D eigenvalue weighted by molar-refractivity contribution is -0.387. The largest absolute Gasteiger partial charge is 0.456 e. The zero-order chi connectivity index (χ0) is 56.2. The normalized spacial score (nSPS) is 39.5. The van der Waals surface area contributed by atoms with Gasteiger partial charge < -0.3 is 82.7 Å². The molecule has 448 valence electrons. The summed E-state index contributed by atoms with van der Waals surface area (Å²) in [7, 11) is 0. The number of carbonyl (C=O) groups excluding carboxylic acids is 3. The molecule has 22 unspecified atom stereocenters. The molecule has 22 atom stereocenters. The number of esters is 3. The second-order valence-electron chi connectivity index (χ2n) is 22.5. The predicted molar refractivity (Wildman–Crippen MR) is 280 cm³/mol. The molecule has 0 radical (unpaired) electrons. The third-order valence-corrected chi connectivity index (χ3v) is 16.1. The van der Waals surface area contributed by atoms with Gasteiger partial charge in [-0.1, -0.05) is 137 Å². The van der Waals surface area contributed by atoms with Gasteiger partial charge >= 0.3 is 17.9 Å².